The third-order valence-electron chi connectivity index (χ3n) is 5.85. The van der Waals surface area contributed by atoms with Crippen LogP contribution in [-0.2, 0) is 0 Å². The highest BCUT2D eigenvalue weighted by molar-refractivity contribution is 7.51. The third-order valence-corrected chi connectivity index (χ3v) is 7.09. The van der Waals surface area contributed by atoms with E-state index in [0.717, 1.165) is 39.9 Å². The predicted molar refractivity (Wildman–Crippen MR) is 157 cm³/mol. The van der Waals surface area contributed by atoms with Gasteiger partial charge in [-0.1, -0.05) is 61.2 Å². The molecule has 2 unspecified atom stereocenters. The SMILES string of the molecule is C=C(CC(C)(C)C)N[C@@H](C)C(C)NC(=C)/C(C)=C\C(C(=C)N)=C(/C)Pc1ccc2ncccc2c1. The topological polar surface area (TPSA) is 63.0 Å². The number of pyridine rings is 1. The van der Waals surface area contributed by atoms with Crippen molar-refractivity contribution in [1.82, 2.24) is 15.6 Å². The third kappa shape index (κ3) is 9.03. The lowest BCUT2D eigenvalue weighted by Gasteiger charge is -2.29. The van der Waals surface area contributed by atoms with Crippen LogP contribution < -0.4 is 21.7 Å². The van der Waals surface area contributed by atoms with Gasteiger partial charge in [-0.3, -0.25) is 4.98 Å². The van der Waals surface area contributed by atoms with Gasteiger partial charge in [0.25, 0.3) is 0 Å². The second-order valence-corrected chi connectivity index (χ2v) is 12.2. The Bertz CT molecular complexity index is 1150. The van der Waals surface area contributed by atoms with Gasteiger partial charge in [0.1, 0.15) is 0 Å². The molecule has 0 aliphatic heterocycles. The van der Waals surface area contributed by atoms with Gasteiger partial charge in [-0.15, -0.1) is 0 Å². The molecule has 1 aromatic heterocycles. The number of rotatable bonds is 11. The first kappa shape index (κ1) is 28.4. The van der Waals surface area contributed by atoms with Gasteiger partial charge in [0.05, 0.1) is 5.52 Å². The van der Waals surface area contributed by atoms with E-state index in [0.29, 0.717) is 14.3 Å². The summed E-state index contributed by atoms with van der Waals surface area (Å²) in [5, 5.41) is 10.6. The van der Waals surface area contributed by atoms with Crippen molar-refractivity contribution in [3.63, 3.8) is 0 Å². The first-order chi connectivity index (χ1) is 16.3. The second kappa shape index (κ2) is 12.2. The summed E-state index contributed by atoms with van der Waals surface area (Å²) in [5.41, 5.74) is 11.9. The van der Waals surface area contributed by atoms with Crippen LogP contribution in [0.4, 0.5) is 0 Å². The van der Waals surface area contributed by atoms with Gasteiger partial charge in [0.2, 0.25) is 0 Å². The molecule has 0 spiro atoms. The van der Waals surface area contributed by atoms with E-state index >= 15 is 0 Å². The normalized spacial score (nSPS) is 15.0. The monoisotopic (exact) mass is 490 g/mol. The van der Waals surface area contributed by atoms with Crippen LogP contribution in [0.1, 0.15) is 54.9 Å². The van der Waals surface area contributed by atoms with Crippen molar-refractivity contribution in [2.24, 2.45) is 11.1 Å². The summed E-state index contributed by atoms with van der Waals surface area (Å²) in [7, 11) is 0.488. The van der Waals surface area contributed by atoms with Gasteiger partial charge in [-0.25, -0.2) is 0 Å². The number of nitrogens with two attached hydrogens (primary N) is 1. The molecule has 2 rings (SSSR count). The van der Waals surface area contributed by atoms with Crippen LogP contribution >= 0.6 is 8.58 Å². The van der Waals surface area contributed by atoms with Gasteiger partial charge in [-0.05, 0) is 80.0 Å². The maximum absolute atomic E-state index is 6.21. The van der Waals surface area contributed by atoms with Crippen molar-refractivity contribution >= 4 is 24.8 Å². The van der Waals surface area contributed by atoms with Crippen LogP contribution in [0, 0.1) is 5.41 Å². The molecule has 4 N–H and O–H groups in total. The maximum Gasteiger partial charge on any atom is 0.0702 e. The highest BCUT2D eigenvalue weighted by atomic mass is 31.1. The molecule has 0 saturated heterocycles. The molecule has 35 heavy (non-hydrogen) atoms. The van der Waals surface area contributed by atoms with Crippen LogP contribution in [0.25, 0.3) is 10.9 Å². The predicted octanol–water partition coefficient (Wildman–Crippen LogP) is 6.65. The molecule has 5 heteroatoms. The summed E-state index contributed by atoms with van der Waals surface area (Å²) in [5.74, 6) is 0. The van der Waals surface area contributed by atoms with Crippen molar-refractivity contribution in [3.05, 3.63) is 95.9 Å². The van der Waals surface area contributed by atoms with Gasteiger partial charge >= 0.3 is 0 Å². The largest absolute Gasteiger partial charge is 0.399 e. The summed E-state index contributed by atoms with van der Waals surface area (Å²) in [6, 6.07) is 10.8. The van der Waals surface area contributed by atoms with E-state index in [-0.39, 0.29) is 17.5 Å². The molecule has 0 fully saturated rings. The van der Waals surface area contributed by atoms with Gasteiger partial charge in [0, 0.05) is 46.3 Å². The molecule has 3 atom stereocenters. The number of aromatic nitrogens is 1. The first-order valence-corrected chi connectivity index (χ1v) is 13.1. The van der Waals surface area contributed by atoms with E-state index in [4.69, 9.17) is 5.73 Å². The Balaban J connectivity index is 2.11. The molecule has 0 aliphatic rings. The fraction of sp³-hybridized carbons (Fsp3) is 0.367. The van der Waals surface area contributed by atoms with E-state index in [1.54, 1.807) is 0 Å². The van der Waals surface area contributed by atoms with Crippen LogP contribution in [0.2, 0.25) is 0 Å². The number of fused-ring (bicyclic) bond motifs is 1. The van der Waals surface area contributed by atoms with Gasteiger partial charge < -0.3 is 16.4 Å². The highest BCUT2D eigenvalue weighted by Crippen LogP contribution is 2.30. The molecular formula is C30H43N4P. The molecule has 0 amide bonds. The standard InChI is InChI=1S/C30H43N4P/c1-19(22(4)34-24(6)23(5)33-20(2)18-30(8,9)10)16-28(21(3)31)25(7)35-27-13-14-29-26(17-27)12-11-15-32-29/h11-17,23-24,33-35H,2-4,18,31H2,1,5-10H3/b19-16-,28-25-/t23-,24?/m0/s1. The number of hydrogen-bond donors (Lipinski definition) is 3. The Kier molecular flexibility index (Phi) is 9.92. The van der Waals surface area contributed by atoms with E-state index in [9.17, 15) is 0 Å². The zero-order valence-electron chi connectivity index (χ0n) is 22.5. The number of allylic oxidation sites excluding steroid dienone is 4. The summed E-state index contributed by atoms with van der Waals surface area (Å²) in [6.45, 7) is 27.7. The Labute approximate surface area is 214 Å². The fourth-order valence-electron chi connectivity index (χ4n) is 3.83. The maximum atomic E-state index is 6.21. The minimum absolute atomic E-state index is 0.172. The minimum Gasteiger partial charge on any atom is -0.399 e. The lowest BCUT2D eigenvalue weighted by atomic mass is 9.90. The van der Waals surface area contributed by atoms with E-state index in [1.807, 2.05) is 12.3 Å². The quantitative estimate of drug-likeness (QED) is 0.244. The average molecular weight is 491 g/mol. The number of benzene rings is 1. The molecule has 2 aromatic rings. The van der Waals surface area contributed by atoms with Crippen molar-refractivity contribution in [2.75, 3.05) is 0 Å². The zero-order valence-corrected chi connectivity index (χ0v) is 23.5. The Morgan fingerprint density at radius 1 is 1.09 bits per heavy atom. The number of nitrogens with zero attached hydrogens (tertiary/aromatic N) is 1. The van der Waals surface area contributed by atoms with E-state index in [1.165, 1.54) is 10.6 Å². The second-order valence-electron chi connectivity index (χ2n) is 10.6. The van der Waals surface area contributed by atoms with Crippen LogP contribution in [0.5, 0.6) is 0 Å². The van der Waals surface area contributed by atoms with Gasteiger partial charge in [-0.2, -0.15) is 0 Å². The number of hydrogen-bond acceptors (Lipinski definition) is 4. The van der Waals surface area contributed by atoms with Crippen LogP contribution in [0.3, 0.4) is 0 Å². The summed E-state index contributed by atoms with van der Waals surface area (Å²) in [6.07, 6.45) is 4.84. The highest BCUT2D eigenvalue weighted by Gasteiger charge is 2.17. The lowest BCUT2D eigenvalue weighted by molar-refractivity contribution is 0.380. The van der Waals surface area contributed by atoms with Crippen molar-refractivity contribution in [1.29, 1.82) is 0 Å². The number of nitrogens with one attached hydrogen (secondary N) is 2. The summed E-state index contributed by atoms with van der Waals surface area (Å²) >= 11 is 0. The molecule has 1 aromatic carbocycles. The molecule has 0 saturated carbocycles. The molecule has 4 nitrogen and oxygen atoms in total. The van der Waals surface area contributed by atoms with E-state index in [2.05, 4.69) is 114 Å². The van der Waals surface area contributed by atoms with E-state index < -0.39 is 0 Å². The van der Waals surface area contributed by atoms with Crippen molar-refractivity contribution < 1.29 is 0 Å². The van der Waals surface area contributed by atoms with Crippen LogP contribution in [0.15, 0.2) is 95.9 Å². The molecule has 188 valence electrons. The Hall–Kier alpha value is -2.84. The summed E-state index contributed by atoms with van der Waals surface area (Å²) < 4.78 is 0. The fourth-order valence-corrected chi connectivity index (χ4v) is 5.03. The minimum atomic E-state index is 0.172. The van der Waals surface area contributed by atoms with Gasteiger partial charge in [0.15, 0.2) is 0 Å². The Morgan fingerprint density at radius 3 is 2.37 bits per heavy atom. The van der Waals surface area contributed by atoms with Crippen molar-refractivity contribution in [2.45, 2.75) is 67.0 Å². The molecule has 0 aliphatic carbocycles. The zero-order chi connectivity index (χ0) is 26.3. The Morgan fingerprint density at radius 2 is 1.74 bits per heavy atom. The average Bonchev–Trinajstić information content (AvgIpc) is 2.75. The summed E-state index contributed by atoms with van der Waals surface area (Å²) in [4.78, 5) is 4.41. The van der Waals surface area contributed by atoms with Crippen molar-refractivity contribution in [3.8, 4) is 0 Å². The molecular weight excluding hydrogens is 447 g/mol. The lowest BCUT2D eigenvalue weighted by Crippen LogP contribution is -2.43. The molecule has 1 heterocycles. The molecule has 0 radical (unpaired) electrons. The van der Waals surface area contributed by atoms with Crippen LogP contribution in [-0.4, -0.2) is 17.1 Å². The first-order valence-electron chi connectivity index (χ1n) is 12.1. The molecule has 0 bridgehead atoms. The smallest absolute Gasteiger partial charge is 0.0702 e.